The van der Waals surface area contributed by atoms with Gasteiger partial charge in [0.05, 0.1) is 6.10 Å². The summed E-state index contributed by atoms with van der Waals surface area (Å²) in [5, 5.41) is 10.5. The maximum Gasteiger partial charge on any atom is 0.0805 e. The maximum absolute atomic E-state index is 10.5. The Bertz CT molecular complexity index is 404. The first-order chi connectivity index (χ1) is 9.74. The van der Waals surface area contributed by atoms with Crippen molar-refractivity contribution in [3.8, 4) is 0 Å². The SMILES string of the molecule is CCCc1cccc(C(O)CC2CCCN2CCC)c1. The number of rotatable bonds is 7. The van der Waals surface area contributed by atoms with E-state index in [0.29, 0.717) is 6.04 Å². The molecule has 2 rings (SSSR count). The van der Waals surface area contributed by atoms with Crippen molar-refractivity contribution in [2.45, 2.75) is 64.5 Å². The summed E-state index contributed by atoms with van der Waals surface area (Å²) in [6, 6.07) is 9.08. The smallest absolute Gasteiger partial charge is 0.0805 e. The molecule has 1 saturated heterocycles. The van der Waals surface area contributed by atoms with E-state index in [2.05, 4.69) is 43.0 Å². The van der Waals surface area contributed by atoms with E-state index in [0.717, 1.165) is 24.8 Å². The molecule has 0 aromatic heterocycles. The van der Waals surface area contributed by atoms with Gasteiger partial charge in [-0.15, -0.1) is 0 Å². The highest BCUT2D eigenvalue weighted by atomic mass is 16.3. The Morgan fingerprint density at radius 1 is 1.30 bits per heavy atom. The van der Waals surface area contributed by atoms with Crippen molar-refractivity contribution in [1.82, 2.24) is 4.90 Å². The maximum atomic E-state index is 10.5. The number of aliphatic hydroxyl groups excluding tert-OH is 1. The van der Waals surface area contributed by atoms with Gasteiger partial charge >= 0.3 is 0 Å². The standard InChI is InChI=1S/C18H29NO/c1-3-7-15-8-5-9-16(13-15)18(20)14-17-10-6-12-19(17)11-4-2/h5,8-9,13,17-18,20H,3-4,6-7,10-12,14H2,1-2H3. The Morgan fingerprint density at radius 3 is 2.90 bits per heavy atom. The third-order valence-electron chi connectivity index (χ3n) is 4.38. The van der Waals surface area contributed by atoms with E-state index in [9.17, 15) is 5.11 Å². The van der Waals surface area contributed by atoms with Crippen LogP contribution in [0.5, 0.6) is 0 Å². The quantitative estimate of drug-likeness (QED) is 0.815. The molecule has 1 heterocycles. The van der Waals surface area contributed by atoms with Crippen molar-refractivity contribution in [3.63, 3.8) is 0 Å². The molecule has 1 aliphatic rings. The summed E-state index contributed by atoms with van der Waals surface area (Å²) >= 11 is 0. The van der Waals surface area contributed by atoms with Gasteiger partial charge in [-0.25, -0.2) is 0 Å². The van der Waals surface area contributed by atoms with Crippen LogP contribution in [0.4, 0.5) is 0 Å². The highest BCUT2D eigenvalue weighted by Gasteiger charge is 2.26. The Labute approximate surface area is 123 Å². The summed E-state index contributed by atoms with van der Waals surface area (Å²) in [4.78, 5) is 2.55. The van der Waals surface area contributed by atoms with E-state index >= 15 is 0 Å². The predicted molar refractivity (Wildman–Crippen MR) is 84.9 cm³/mol. The zero-order valence-corrected chi connectivity index (χ0v) is 13.0. The van der Waals surface area contributed by atoms with Crippen LogP contribution in [0.1, 0.15) is 63.2 Å². The van der Waals surface area contributed by atoms with Crippen LogP contribution in [0, 0.1) is 0 Å². The normalized spacial score (nSPS) is 21.2. The number of hydrogen-bond acceptors (Lipinski definition) is 2. The number of nitrogens with zero attached hydrogens (tertiary/aromatic N) is 1. The van der Waals surface area contributed by atoms with Crippen LogP contribution in [0.2, 0.25) is 0 Å². The molecule has 1 N–H and O–H groups in total. The Morgan fingerprint density at radius 2 is 2.15 bits per heavy atom. The van der Waals surface area contributed by atoms with Gasteiger partial charge in [0.1, 0.15) is 0 Å². The van der Waals surface area contributed by atoms with E-state index in [4.69, 9.17) is 0 Å². The second-order valence-corrected chi connectivity index (χ2v) is 6.08. The fraction of sp³-hybridized carbons (Fsp3) is 0.667. The first kappa shape index (κ1) is 15.5. The molecule has 2 nitrogen and oxygen atoms in total. The predicted octanol–water partition coefficient (Wildman–Crippen LogP) is 3.94. The van der Waals surface area contributed by atoms with Gasteiger partial charge in [0.2, 0.25) is 0 Å². The lowest BCUT2D eigenvalue weighted by Crippen LogP contribution is -2.31. The van der Waals surface area contributed by atoms with Crippen LogP contribution in [0.3, 0.4) is 0 Å². The average Bonchev–Trinajstić information content (AvgIpc) is 2.87. The van der Waals surface area contributed by atoms with E-state index in [1.807, 2.05) is 0 Å². The first-order valence-corrected chi connectivity index (χ1v) is 8.25. The molecule has 0 saturated carbocycles. The Hall–Kier alpha value is -0.860. The lowest BCUT2D eigenvalue weighted by atomic mass is 9.98. The molecule has 2 atom stereocenters. The minimum atomic E-state index is -0.311. The molecule has 1 aromatic carbocycles. The van der Waals surface area contributed by atoms with Crippen molar-refractivity contribution in [2.75, 3.05) is 13.1 Å². The fourth-order valence-electron chi connectivity index (χ4n) is 3.38. The van der Waals surface area contributed by atoms with Gasteiger partial charge in [-0.1, -0.05) is 44.5 Å². The second kappa shape index (κ2) is 7.80. The van der Waals surface area contributed by atoms with E-state index < -0.39 is 0 Å². The molecule has 0 aliphatic carbocycles. The van der Waals surface area contributed by atoms with Crippen LogP contribution in [0.15, 0.2) is 24.3 Å². The lowest BCUT2D eigenvalue weighted by Gasteiger charge is -2.26. The van der Waals surface area contributed by atoms with Gasteiger partial charge in [-0.2, -0.15) is 0 Å². The van der Waals surface area contributed by atoms with E-state index in [1.54, 1.807) is 0 Å². The minimum Gasteiger partial charge on any atom is -0.388 e. The van der Waals surface area contributed by atoms with Gasteiger partial charge in [-0.05, 0) is 56.3 Å². The number of benzene rings is 1. The highest BCUT2D eigenvalue weighted by Crippen LogP contribution is 2.28. The van der Waals surface area contributed by atoms with Crippen molar-refractivity contribution in [2.24, 2.45) is 0 Å². The molecule has 2 heteroatoms. The zero-order valence-electron chi connectivity index (χ0n) is 13.0. The van der Waals surface area contributed by atoms with Crippen LogP contribution >= 0.6 is 0 Å². The number of hydrogen-bond donors (Lipinski definition) is 1. The van der Waals surface area contributed by atoms with Gasteiger partial charge < -0.3 is 10.0 Å². The van der Waals surface area contributed by atoms with E-state index in [-0.39, 0.29) is 6.10 Å². The molecule has 1 aromatic rings. The Balaban J connectivity index is 1.96. The third-order valence-corrected chi connectivity index (χ3v) is 4.38. The van der Waals surface area contributed by atoms with E-state index in [1.165, 1.54) is 37.9 Å². The fourth-order valence-corrected chi connectivity index (χ4v) is 3.38. The van der Waals surface area contributed by atoms with Crippen LogP contribution in [0.25, 0.3) is 0 Å². The molecular weight excluding hydrogens is 246 g/mol. The molecule has 20 heavy (non-hydrogen) atoms. The Kier molecular flexibility index (Phi) is 6.06. The topological polar surface area (TPSA) is 23.5 Å². The molecule has 2 unspecified atom stereocenters. The monoisotopic (exact) mass is 275 g/mol. The molecular formula is C18H29NO. The van der Waals surface area contributed by atoms with Crippen molar-refractivity contribution >= 4 is 0 Å². The van der Waals surface area contributed by atoms with Crippen LogP contribution in [-0.4, -0.2) is 29.1 Å². The largest absolute Gasteiger partial charge is 0.388 e. The summed E-state index contributed by atoms with van der Waals surface area (Å²) in [5.74, 6) is 0. The highest BCUT2D eigenvalue weighted by molar-refractivity contribution is 5.25. The number of aliphatic hydroxyl groups is 1. The molecule has 112 valence electrons. The third kappa shape index (κ3) is 4.07. The van der Waals surface area contributed by atoms with Gasteiger partial charge in [0.25, 0.3) is 0 Å². The first-order valence-electron chi connectivity index (χ1n) is 8.25. The summed E-state index contributed by atoms with van der Waals surface area (Å²) < 4.78 is 0. The average molecular weight is 275 g/mol. The van der Waals surface area contributed by atoms with Crippen molar-refractivity contribution in [3.05, 3.63) is 35.4 Å². The van der Waals surface area contributed by atoms with Crippen molar-refractivity contribution < 1.29 is 5.11 Å². The summed E-state index contributed by atoms with van der Waals surface area (Å²) in [6.07, 6.45) is 6.57. The van der Waals surface area contributed by atoms with Crippen LogP contribution in [-0.2, 0) is 6.42 Å². The second-order valence-electron chi connectivity index (χ2n) is 6.08. The molecule has 0 bridgehead atoms. The van der Waals surface area contributed by atoms with Crippen LogP contribution < -0.4 is 0 Å². The summed E-state index contributed by atoms with van der Waals surface area (Å²) in [7, 11) is 0. The number of likely N-dealkylation sites (tertiary alicyclic amines) is 1. The number of aryl methyl sites for hydroxylation is 1. The molecule has 0 spiro atoms. The molecule has 0 radical (unpaired) electrons. The minimum absolute atomic E-state index is 0.311. The van der Waals surface area contributed by atoms with Gasteiger partial charge in [0, 0.05) is 6.04 Å². The van der Waals surface area contributed by atoms with Gasteiger partial charge in [-0.3, -0.25) is 0 Å². The molecule has 0 amide bonds. The lowest BCUT2D eigenvalue weighted by molar-refractivity contribution is 0.120. The summed E-state index contributed by atoms with van der Waals surface area (Å²) in [5.41, 5.74) is 2.44. The molecule has 1 fully saturated rings. The van der Waals surface area contributed by atoms with Gasteiger partial charge in [0.15, 0.2) is 0 Å². The zero-order chi connectivity index (χ0) is 14.4. The molecule has 1 aliphatic heterocycles. The summed E-state index contributed by atoms with van der Waals surface area (Å²) in [6.45, 7) is 6.82. The van der Waals surface area contributed by atoms with Crippen molar-refractivity contribution in [1.29, 1.82) is 0 Å².